The van der Waals surface area contributed by atoms with Crippen molar-refractivity contribution in [2.75, 3.05) is 24.6 Å². The second kappa shape index (κ2) is 12.2. The molecule has 45 heavy (non-hydrogen) atoms. The van der Waals surface area contributed by atoms with Crippen molar-refractivity contribution in [3.8, 4) is 5.75 Å². The Morgan fingerprint density at radius 2 is 1.96 bits per heavy atom. The van der Waals surface area contributed by atoms with Crippen LogP contribution in [0.1, 0.15) is 86.2 Å². The van der Waals surface area contributed by atoms with Gasteiger partial charge in [-0.1, -0.05) is 56.0 Å². The minimum atomic E-state index is -3.94. The minimum absolute atomic E-state index is 0.131. The van der Waals surface area contributed by atoms with Gasteiger partial charge in [0.25, 0.3) is 5.91 Å². The SMILES string of the molecule is C[C@@H]1C/C=C\[C@H](O)[C@@H]2CC[C@H]2CN2C[C@@]3(CCCc4cc(Cl)ccc43)COc3ccc(cc32)C(=O)NS(=O)(=O)[C@H]1CC1CCC1. The molecule has 2 aromatic rings. The number of anilines is 1. The molecule has 2 N–H and O–H groups in total. The van der Waals surface area contributed by atoms with Crippen LogP contribution in [-0.2, 0) is 21.9 Å². The van der Waals surface area contributed by atoms with Crippen LogP contribution >= 0.6 is 11.6 Å². The number of halogens is 1. The van der Waals surface area contributed by atoms with Crippen LogP contribution in [0.5, 0.6) is 5.75 Å². The molecule has 2 fully saturated rings. The number of allylic oxidation sites excluding steroid dienone is 1. The van der Waals surface area contributed by atoms with Gasteiger partial charge in [-0.2, -0.15) is 0 Å². The fourth-order valence-electron chi connectivity index (χ4n) is 8.52. The van der Waals surface area contributed by atoms with Gasteiger partial charge in [0.15, 0.2) is 0 Å². The average Bonchev–Trinajstić information content (AvgIpc) is 3.10. The molecule has 0 aromatic heterocycles. The van der Waals surface area contributed by atoms with Gasteiger partial charge in [-0.05, 0) is 110 Å². The Bertz CT molecular complexity index is 1590. The van der Waals surface area contributed by atoms with Crippen LogP contribution in [-0.4, -0.2) is 50.5 Å². The second-order valence-electron chi connectivity index (χ2n) is 14.5. The highest BCUT2D eigenvalue weighted by molar-refractivity contribution is 7.90. The van der Waals surface area contributed by atoms with Gasteiger partial charge in [-0.25, -0.2) is 13.1 Å². The van der Waals surface area contributed by atoms with Crippen LogP contribution in [0.15, 0.2) is 48.6 Å². The van der Waals surface area contributed by atoms with Crippen molar-refractivity contribution >= 4 is 33.2 Å². The predicted molar refractivity (Wildman–Crippen MR) is 177 cm³/mol. The first-order chi connectivity index (χ1) is 21.6. The van der Waals surface area contributed by atoms with Gasteiger partial charge in [0, 0.05) is 29.1 Å². The number of aliphatic hydroxyl groups excluding tert-OH is 1. The summed E-state index contributed by atoms with van der Waals surface area (Å²) in [6, 6.07) is 11.5. The molecule has 0 unspecified atom stereocenters. The lowest BCUT2D eigenvalue weighted by atomic mass is 9.68. The average molecular weight is 653 g/mol. The number of rotatable bonds is 2. The number of sulfonamides is 1. The standard InChI is InChI=1S/C36H45ClN2O5S/c1-23-5-2-9-32(40)29-13-10-27(29)20-39-21-36(16-4-8-25-18-28(37)12-14-30(25)36)22-44-33-15-11-26(19-31(33)39)35(41)38-45(42,43)34(23)17-24-6-3-7-24/h2,9,11-12,14-15,18-19,23-24,27,29,32,34,40H,3-8,10,13,16-17,20-22H2,1H3,(H,38,41)/b9-2-/t23-,27+,29-,32+,34+,36+/m1/s1. The zero-order valence-electron chi connectivity index (χ0n) is 26.1. The van der Waals surface area contributed by atoms with Crippen molar-refractivity contribution in [1.29, 1.82) is 0 Å². The number of carbonyl (C=O) groups is 1. The maximum atomic E-state index is 13.8. The number of benzene rings is 2. The molecule has 2 saturated carbocycles. The third-order valence-corrected chi connectivity index (χ3v) is 13.7. The number of fused-ring (bicyclic) bond motifs is 4. The van der Waals surface area contributed by atoms with E-state index in [0.717, 1.165) is 68.6 Å². The van der Waals surface area contributed by atoms with E-state index in [1.165, 1.54) is 11.1 Å². The Labute approximate surface area is 272 Å². The van der Waals surface area contributed by atoms with E-state index in [9.17, 15) is 18.3 Å². The van der Waals surface area contributed by atoms with Gasteiger partial charge < -0.3 is 14.7 Å². The van der Waals surface area contributed by atoms with Crippen LogP contribution in [0.25, 0.3) is 0 Å². The van der Waals surface area contributed by atoms with E-state index >= 15 is 0 Å². The molecule has 1 amide bonds. The van der Waals surface area contributed by atoms with E-state index in [1.807, 2.05) is 37.3 Å². The summed E-state index contributed by atoms with van der Waals surface area (Å²) < 4.78 is 36.6. The molecule has 9 heteroatoms. The molecular weight excluding hydrogens is 608 g/mol. The van der Waals surface area contributed by atoms with E-state index < -0.39 is 27.3 Å². The number of nitrogens with one attached hydrogen (secondary N) is 1. The van der Waals surface area contributed by atoms with Crippen LogP contribution in [0.2, 0.25) is 5.02 Å². The molecule has 3 aliphatic carbocycles. The van der Waals surface area contributed by atoms with Crippen molar-refractivity contribution in [3.63, 3.8) is 0 Å². The Balaban J connectivity index is 1.27. The third kappa shape index (κ3) is 6.03. The number of hydrogen-bond donors (Lipinski definition) is 2. The Hall–Kier alpha value is -2.55. The van der Waals surface area contributed by atoms with E-state index in [1.54, 1.807) is 6.07 Å². The van der Waals surface area contributed by atoms with Crippen LogP contribution in [0, 0.1) is 23.7 Å². The summed E-state index contributed by atoms with van der Waals surface area (Å²) in [6.45, 7) is 3.88. The molecule has 1 spiro atoms. The molecule has 2 aromatic carbocycles. The molecule has 6 atom stereocenters. The molecule has 242 valence electrons. The highest BCUT2D eigenvalue weighted by Crippen LogP contribution is 2.47. The maximum absolute atomic E-state index is 13.8. The van der Waals surface area contributed by atoms with Gasteiger partial charge in [-0.3, -0.25) is 4.79 Å². The summed E-state index contributed by atoms with van der Waals surface area (Å²) in [6.07, 6.45) is 12.5. The number of ether oxygens (including phenoxy) is 1. The quantitative estimate of drug-likeness (QED) is 0.364. The summed E-state index contributed by atoms with van der Waals surface area (Å²) in [7, 11) is -3.94. The molecule has 2 aliphatic heterocycles. The first-order valence-electron chi connectivity index (χ1n) is 16.8. The monoisotopic (exact) mass is 652 g/mol. The summed E-state index contributed by atoms with van der Waals surface area (Å²) >= 11 is 6.41. The lowest BCUT2D eigenvalue weighted by Crippen LogP contribution is -2.49. The Morgan fingerprint density at radius 3 is 2.71 bits per heavy atom. The number of carbonyl (C=O) groups excluding carboxylic acids is 1. The van der Waals surface area contributed by atoms with E-state index in [0.29, 0.717) is 43.2 Å². The Kier molecular flexibility index (Phi) is 8.45. The normalized spacial score (nSPS) is 33.8. The predicted octanol–water partition coefficient (Wildman–Crippen LogP) is 6.41. The minimum Gasteiger partial charge on any atom is -0.490 e. The number of aliphatic hydroxyl groups is 1. The highest BCUT2D eigenvalue weighted by atomic mass is 35.5. The van der Waals surface area contributed by atoms with Gasteiger partial charge in [0.05, 0.1) is 23.6 Å². The summed E-state index contributed by atoms with van der Waals surface area (Å²) in [5.74, 6) is 0.694. The van der Waals surface area contributed by atoms with Gasteiger partial charge >= 0.3 is 0 Å². The van der Waals surface area contributed by atoms with Crippen LogP contribution in [0.4, 0.5) is 5.69 Å². The fraction of sp³-hybridized carbons (Fsp3) is 0.583. The summed E-state index contributed by atoms with van der Waals surface area (Å²) in [5, 5.41) is 11.4. The van der Waals surface area contributed by atoms with Crippen molar-refractivity contribution < 1.29 is 23.1 Å². The molecule has 7 nitrogen and oxygen atoms in total. The van der Waals surface area contributed by atoms with E-state index in [2.05, 4.69) is 21.8 Å². The summed E-state index contributed by atoms with van der Waals surface area (Å²) in [5.41, 5.74) is 3.38. The molecule has 0 radical (unpaired) electrons. The number of aryl methyl sites for hydroxylation is 1. The largest absolute Gasteiger partial charge is 0.490 e. The van der Waals surface area contributed by atoms with Crippen molar-refractivity contribution in [2.24, 2.45) is 23.7 Å². The maximum Gasteiger partial charge on any atom is 0.264 e. The number of amides is 1. The molecule has 5 aliphatic rings. The Morgan fingerprint density at radius 1 is 1.11 bits per heavy atom. The molecule has 7 rings (SSSR count). The number of nitrogens with zero attached hydrogens (tertiary/aromatic N) is 1. The van der Waals surface area contributed by atoms with E-state index in [-0.39, 0.29) is 23.2 Å². The molecule has 0 saturated heterocycles. The third-order valence-electron chi connectivity index (χ3n) is 11.6. The number of hydrogen-bond acceptors (Lipinski definition) is 6. The zero-order chi connectivity index (χ0) is 31.3. The molecular formula is C36H45ClN2O5S. The second-order valence-corrected chi connectivity index (χ2v) is 16.8. The van der Waals surface area contributed by atoms with E-state index in [4.69, 9.17) is 16.3 Å². The topological polar surface area (TPSA) is 95.9 Å². The van der Waals surface area contributed by atoms with Crippen LogP contribution in [0.3, 0.4) is 0 Å². The molecule has 2 bridgehead atoms. The lowest BCUT2D eigenvalue weighted by Gasteiger charge is -2.45. The summed E-state index contributed by atoms with van der Waals surface area (Å²) in [4.78, 5) is 16.0. The van der Waals surface area contributed by atoms with Gasteiger partial charge in [-0.15, -0.1) is 0 Å². The first-order valence-corrected chi connectivity index (χ1v) is 18.8. The zero-order valence-corrected chi connectivity index (χ0v) is 27.7. The first kappa shape index (κ1) is 31.1. The van der Waals surface area contributed by atoms with Crippen molar-refractivity contribution in [1.82, 2.24) is 4.72 Å². The van der Waals surface area contributed by atoms with Gasteiger partial charge in [0.1, 0.15) is 5.75 Å². The smallest absolute Gasteiger partial charge is 0.264 e. The van der Waals surface area contributed by atoms with Crippen molar-refractivity contribution in [2.45, 2.75) is 87.9 Å². The lowest BCUT2D eigenvalue weighted by molar-refractivity contribution is 0.0455. The molecule has 2 heterocycles. The van der Waals surface area contributed by atoms with Crippen LogP contribution < -0.4 is 14.4 Å². The van der Waals surface area contributed by atoms with Gasteiger partial charge in [0.2, 0.25) is 10.0 Å². The fourth-order valence-corrected chi connectivity index (χ4v) is 10.5. The highest BCUT2D eigenvalue weighted by Gasteiger charge is 2.44. The van der Waals surface area contributed by atoms with Crippen molar-refractivity contribution in [3.05, 3.63) is 70.3 Å².